The van der Waals surface area contributed by atoms with Gasteiger partial charge >= 0.3 is 0 Å². The summed E-state index contributed by atoms with van der Waals surface area (Å²) >= 11 is 0. The van der Waals surface area contributed by atoms with E-state index in [4.69, 9.17) is 9.15 Å². The van der Waals surface area contributed by atoms with Crippen LogP contribution in [0.2, 0.25) is 0 Å². The minimum atomic E-state index is 0.694. The van der Waals surface area contributed by atoms with Crippen LogP contribution in [0, 0.1) is 0 Å². The Bertz CT molecular complexity index is 1170. The summed E-state index contributed by atoms with van der Waals surface area (Å²) in [5, 5.41) is 16.1. The fourth-order valence-corrected chi connectivity index (χ4v) is 3.03. The van der Waals surface area contributed by atoms with Crippen molar-refractivity contribution >= 4 is 38.3 Å². The Labute approximate surface area is 123 Å². The Hall–Kier alpha value is -3.15. The number of aromatic nitrogens is 4. The van der Waals surface area contributed by atoms with Crippen molar-refractivity contribution in [1.29, 1.82) is 0 Å². The molecule has 6 nitrogen and oxygen atoms in total. The molecule has 3 heterocycles. The van der Waals surface area contributed by atoms with Crippen LogP contribution >= 0.6 is 0 Å². The number of nitrogens with zero attached hydrogens (tertiary/aromatic N) is 4. The molecule has 0 unspecified atom stereocenters. The van der Waals surface area contributed by atoms with Crippen molar-refractivity contribution in [2.45, 2.75) is 0 Å². The van der Waals surface area contributed by atoms with E-state index >= 15 is 0 Å². The molecule has 0 radical (unpaired) electrons. The van der Waals surface area contributed by atoms with E-state index in [0.29, 0.717) is 5.65 Å². The first kappa shape index (κ1) is 11.5. The zero-order valence-electron chi connectivity index (χ0n) is 11.6. The maximum absolute atomic E-state index is 5.67. The Balaban J connectivity index is 2.12. The summed E-state index contributed by atoms with van der Waals surface area (Å²) in [5.74, 6) is 0.818. The molecule has 0 aliphatic carbocycles. The Morgan fingerprint density at radius 3 is 2.86 bits per heavy atom. The molecule has 0 fully saturated rings. The molecule has 0 N–H and O–H groups in total. The molecule has 5 rings (SSSR count). The summed E-state index contributed by atoms with van der Waals surface area (Å²) in [6.45, 7) is 0. The summed E-state index contributed by atoms with van der Waals surface area (Å²) in [4.78, 5) is 0. The van der Waals surface area contributed by atoms with Gasteiger partial charge < -0.3 is 9.15 Å². The van der Waals surface area contributed by atoms with Crippen molar-refractivity contribution in [1.82, 2.24) is 20.0 Å². The van der Waals surface area contributed by atoms with Crippen LogP contribution in [0.4, 0.5) is 0 Å². The number of pyridine rings is 1. The van der Waals surface area contributed by atoms with Gasteiger partial charge in [0.15, 0.2) is 5.65 Å². The van der Waals surface area contributed by atoms with Gasteiger partial charge in [0.2, 0.25) is 0 Å². The third kappa shape index (κ3) is 1.31. The number of ether oxygens (including phenoxy) is 1. The van der Waals surface area contributed by atoms with Crippen molar-refractivity contribution in [3.8, 4) is 5.75 Å². The molecular formula is C16H10N4O2. The predicted molar refractivity (Wildman–Crippen MR) is 82.1 cm³/mol. The van der Waals surface area contributed by atoms with Crippen LogP contribution in [0.25, 0.3) is 38.3 Å². The summed E-state index contributed by atoms with van der Waals surface area (Å²) in [6, 6.07) is 11.9. The highest BCUT2D eigenvalue weighted by molar-refractivity contribution is 6.16. The highest BCUT2D eigenvalue weighted by atomic mass is 16.5. The third-order valence-corrected chi connectivity index (χ3v) is 4.03. The molecule has 0 aliphatic heterocycles. The van der Waals surface area contributed by atoms with E-state index in [2.05, 4.69) is 21.6 Å². The fraction of sp³-hybridized carbons (Fsp3) is 0.0625. The highest BCUT2D eigenvalue weighted by Crippen LogP contribution is 2.34. The van der Waals surface area contributed by atoms with Crippen molar-refractivity contribution in [3.05, 3.63) is 42.7 Å². The lowest BCUT2D eigenvalue weighted by molar-refractivity contribution is 0.415. The van der Waals surface area contributed by atoms with Gasteiger partial charge in [-0.2, -0.15) is 4.52 Å². The maximum atomic E-state index is 5.67. The summed E-state index contributed by atoms with van der Waals surface area (Å²) in [7, 11) is 1.66. The van der Waals surface area contributed by atoms with E-state index in [9.17, 15) is 0 Å². The monoisotopic (exact) mass is 290 g/mol. The van der Waals surface area contributed by atoms with Crippen molar-refractivity contribution in [2.75, 3.05) is 7.11 Å². The van der Waals surface area contributed by atoms with E-state index in [1.54, 1.807) is 17.9 Å². The number of tetrazole rings is 1. The van der Waals surface area contributed by atoms with Gasteiger partial charge in [0.25, 0.3) is 0 Å². The molecule has 6 heteroatoms. The molecule has 0 amide bonds. The minimum Gasteiger partial charge on any atom is -0.497 e. The van der Waals surface area contributed by atoms with Gasteiger partial charge in [0.05, 0.1) is 24.3 Å². The fourth-order valence-electron chi connectivity index (χ4n) is 3.03. The van der Waals surface area contributed by atoms with Crippen LogP contribution in [-0.4, -0.2) is 27.2 Å². The first-order chi connectivity index (χ1) is 10.9. The van der Waals surface area contributed by atoms with Gasteiger partial charge in [-0.15, -0.1) is 5.10 Å². The predicted octanol–water partition coefficient (Wildman–Crippen LogP) is 3.19. The van der Waals surface area contributed by atoms with Crippen LogP contribution in [0.3, 0.4) is 0 Å². The smallest absolute Gasteiger partial charge is 0.191 e. The third-order valence-electron chi connectivity index (χ3n) is 4.03. The first-order valence-electron chi connectivity index (χ1n) is 6.84. The normalized spacial score (nSPS) is 11.9. The standard InChI is InChI=1S/C16H10N4O2/c1-21-10-3-5-11-9(8-10)2-4-12-14(11)20-16(17-18-19-20)13-6-7-22-15(12)13/h2-8H,1H3. The number of fused-ring (bicyclic) bond motifs is 8. The second-order valence-electron chi connectivity index (χ2n) is 5.13. The zero-order chi connectivity index (χ0) is 14.7. The molecule has 0 saturated heterocycles. The molecule has 0 atom stereocenters. The largest absolute Gasteiger partial charge is 0.497 e. The average Bonchev–Trinajstić information content (AvgIpc) is 3.22. The number of hydrogen-bond donors (Lipinski definition) is 0. The van der Waals surface area contributed by atoms with E-state index < -0.39 is 0 Å². The number of rotatable bonds is 1. The van der Waals surface area contributed by atoms with Crippen LogP contribution < -0.4 is 4.74 Å². The van der Waals surface area contributed by atoms with Crippen molar-refractivity contribution in [3.63, 3.8) is 0 Å². The highest BCUT2D eigenvalue weighted by Gasteiger charge is 2.15. The van der Waals surface area contributed by atoms with Crippen LogP contribution in [-0.2, 0) is 0 Å². The lowest BCUT2D eigenvalue weighted by atomic mass is 10.0. The Morgan fingerprint density at radius 1 is 1.05 bits per heavy atom. The summed E-state index contributed by atoms with van der Waals surface area (Å²) in [6.07, 6.45) is 1.66. The molecule has 0 bridgehead atoms. The first-order valence-corrected chi connectivity index (χ1v) is 6.84. The molecule has 0 spiro atoms. The number of benzene rings is 2. The van der Waals surface area contributed by atoms with Gasteiger partial charge in [0, 0.05) is 10.8 Å². The van der Waals surface area contributed by atoms with Crippen molar-refractivity contribution in [2.24, 2.45) is 0 Å². The molecule has 106 valence electrons. The number of hydrogen-bond acceptors (Lipinski definition) is 5. The van der Waals surface area contributed by atoms with Crippen LogP contribution in [0.1, 0.15) is 0 Å². The molecular weight excluding hydrogens is 280 g/mol. The molecule has 5 aromatic rings. The topological polar surface area (TPSA) is 65.5 Å². The van der Waals surface area contributed by atoms with Gasteiger partial charge in [0.1, 0.15) is 11.3 Å². The second-order valence-corrected chi connectivity index (χ2v) is 5.13. The molecule has 2 aromatic carbocycles. The Kier molecular flexibility index (Phi) is 2.06. The van der Waals surface area contributed by atoms with Crippen molar-refractivity contribution < 1.29 is 9.15 Å². The number of furan rings is 1. The van der Waals surface area contributed by atoms with Crippen LogP contribution in [0.5, 0.6) is 5.75 Å². The number of methoxy groups -OCH3 is 1. The van der Waals surface area contributed by atoms with E-state index in [1.165, 1.54) is 0 Å². The molecule has 0 aliphatic rings. The summed E-state index contributed by atoms with van der Waals surface area (Å²) < 4.78 is 12.7. The van der Waals surface area contributed by atoms with Gasteiger partial charge in [-0.3, -0.25) is 0 Å². The van der Waals surface area contributed by atoms with Gasteiger partial charge in [-0.25, -0.2) is 0 Å². The van der Waals surface area contributed by atoms with Crippen LogP contribution in [0.15, 0.2) is 47.1 Å². The van der Waals surface area contributed by atoms with Gasteiger partial charge in [-0.1, -0.05) is 6.07 Å². The average molecular weight is 290 g/mol. The minimum absolute atomic E-state index is 0.694. The van der Waals surface area contributed by atoms with Gasteiger partial charge in [-0.05, 0) is 46.1 Å². The van der Waals surface area contributed by atoms with E-state index in [1.807, 2.05) is 30.3 Å². The lowest BCUT2D eigenvalue weighted by Crippen LogP contribution is -1.93. The van der Waals surface area contributed by atoms with E-state index in [-0.39, 0.29) is 0 Å². The Morgan fingerprint density at radius 2 is 1.95 bits per heavy atom. The SMILES string of the molecule is COc1ccc2c(ccc3c4occc4c4nnnn4c23)c1. The van der Waals surface area contributed by atoms with E-state index in [0.717, 1.165) is 38.4 Å². The maximum Gasteiger partial charge on any atom is 0.191 e. The lowest BCUT2D eigenvalue weighted by Gasteiger charge is -2.07. The summed E-state index contributed by atoms with van der Waals surface area (Å²) in [5.41, 5.74) is 2.43. The molecule has 22 heavy (non-hydrogen) atoms. The zero-order valence-corrected chi connectivity index (χ0v) is 11.6. The quantitative estimate of drug-likeness (QED) is 0.444. The molecule has 0 saturated carbocycles. The second kappa shape index (κ2) is 3.94. The molecule has 3 aromatic heterocycles.